The zero-order valence-corrected chi connectivity index (χ0v) is 16.2. The van der Waals surface area contributed by atoms with Crippen LogP contribution in [-0.4, -0.2) is 46.3 Å². The summed E-state index contributed by atoms with van der Waals surface area (Å²) in [5.74, 6) is 1.35. The molecule has 2 aliphatic rings. The highest BCUT2D eigenvalue weighted by molar-refractivity contribution is 5.97. The summed E-state index contributed by atoms with van der Waals surface area (Å²) in [6, 6.07) is 6.06. The molecule has 1 atom stereocenters. The first-order valence-corrected chi connectivity index (χ1v) is 9.75. The van der Waals surface area contributed by atoms with Crippen molar-refractivity contribution in [1.29, 1.82) is 0 Å². The van der Waals surface area contributed by atoms with Crippen molar-refractivity contribution in [2.75, 3.05) is 7.11 Å². The third kappa shape index (κ3) is 3.66. The predicted molar refractivity (Wildman–Crippen MR) is 102 cm³/mol. The molecule has 0 aliphatic heterocycles. The van der Waals surface area contributed by atoms with E-state index in [4.69, 9.17) is 9.47 Å². The first-order valence-electron chi connectivity index (χ1n) is 9.75. The first kappa shape index (κ1) is 17.9. The molecule has 2 aromatic rings. The molecule has 1 heterocycles. The van der Waals surface area contributed by atoms with Crippen LogP contribution in [0, 0.1) is 0 Å². The van der Waals surface area contributed by atoms with Crippen LogP contribution in [-0.2, 0) is 12.8 Å². The van der Waals surface area contributed by atoms with Gasteiger partial charge < -0.3 is 14.4 Å². The van der Waals surface area contributed by atoms with Crippen LogP contribution in [0.25, 0.3) is 0 Å². The molecule has 0 spiro atoms. The van der Waals surface area contributed by atoms with E-state index in [-0.39, 0.29) is 18.1 Å². The Morgan fingerprint density at radius 1 is 1.26 bits per heavy atom. The fourth-order valence-corrected chi connectivity index (χ4v) is 3.95. The van der Waals surface area contributed by atoms with Gasteiger partial charge in [0.25, 0.3) is 5.91 Å². The average Bonchev–Trinajstić information content (AvgIpc) is 3.37. The van der Waals surface area contributed by atoms with Crippen molar-refractivity contribution in [3.05, 3.63) is 41.2 Å². The molecule has 1 aromatic heterocycles. The van der Waals surface area contributed by atoms with Crippen molar-refractivity contribution in [2.45, 2.75) is 64.1 Å². The van der Waals surface area contributed by atoms with E-state index in [0.717, 1.165) is 37.9 Å². The summed E-state index contributed by atoms with van der Waals surface area (Å²) in [5.41, 5.74) is 3.05. The van der Waals surface area contributed by atoms with E-state index in [1.54, 1.807) is 7.11 Å². The van der Waals surface area contributed by atoms with E-state index in [2.05, 4.69) is 15.1 Å². The van der Waals surface area contributed by atoms with Gasteiger partial charge >= 0.3 is 0 Å². The quantitative estimate of drug-likeness (QED) is 0.848. The minimum atomic E-state index is 0.0578. The second-order valence-electron chi connectivity index (χ2n) is 7.74. The third-order valence-corrected chi connectivity index (χ3v) is 5.33. The van der Waals surface area contributed by atoms with E-state index in [1.807, 2.05) is 38.2 Å². The monoisotopic (exact) mass is 369 g/mol. The molecule has 0 bridgehead atoms. The number of aromatic nitrogens is 2. The Balaban J connectivity index is 1.59. The lowest BCUT2D eigenvalue weighted by Crippen LogP contribution is -2.45. The van der Waals surface area contributed by atoms with Gasteiger partial charge in [0.15, 0.2) is 0 Å². The molecular formula is C21H27N3O3. The van der Waals surface area contributed by atoms with E-state index in [0.29, 0.717) is 17.4 Å². The van der Waals surface area contributed by atoms with Crippen LogP contribution in [0.15, 0.2) is 24.4 Å². The molecule has 1 fully saturated rings. The Hall–Kier alpha value is -2.50. The van der Waals surface area contributed by atoms with Crippen LogP contribution in [0.3, 0.4) is 0 Å². The molecule has 1 saturated carbocycles. The molecule has 1 unspecified atom stereocenters. The Bertz CT molecular complexity index is 826. The zero-order chi connectivity index (χ0) is 19.0. The topological polar surface area (TPSA) is 67.5 Å². The smallest absolute Gasteiger partial charge is 0.258 e. The fourth-order valence-electron chi connectivity index (χ4n) is 3.95. The Morgan fingerprint density at radius 3 is 2.78 bits per heavy atom. The normalized spacial score (nSPS) is 18.9. The zero-order valence-electron chi connectivity index (χ0n) is 16.2. The number of carbonyl (C=O) groups excluding carboxylic acids is 1. The molecule has 144 valence electrons. The number of fused-ring (bicyclic) bond motifs is 1. The lowest BCUT2D eigenvalue weighted by molar-refractivity contribution is 0.0639. The molecule has 2 aliphatic carbocycles. The summed E-state index contributed by atoms with van der Waals surface area (Å²) in [7, 11) is 1.60. The van der Waals surface area contributed by atoms with E-state index >= 15 is 0 Å². The van der Waals surface area contributed by atoms with Gasteiger partial charge in [-0.05, 0) is 63.6 Å². The van der Waals surface area contributed by atoms with E-state index in [9.17, 15) is 4.79 Å². The maximum absolute atomic E-state index is 13.5. The standard InChI is InChI=1S/C21H27N3O3/c1-13(2)27-17-7-8-18(20(11-17)26-3)21(25)24(15-4-5-15)16-6-9-19-14(10-16)12-22-23-19/h7-8,11-13,15-16H,4-6,9-10H2,1-3H3,(H,22,23). The summed E-state index contributed by atoms with van der Waals surface area (Å²) in [6.07, 6.45) is 6.91. The van der Waals surface area contributed by atoms with Gasteiger partial charge in [-0.3, -0.25) is 9.89 Å². The number of nitrogens with one attached hydrogen (secondary N) is 1. The fraction of sp³-hybridized carbons (Fsp3) is 0.524. The molecule has 6 heteroatoms. The van der Waals surface area contributed by atoms with Crippen LogP contribution in [0.1, 0.15) is 54.7 Å². The highest BCUT2D eigenvalue weighted by Gasteiger charge is 2.40. The second-order valence-corrected chi connectivity index (χ2v) is 7.74. The summed E-state index contributed by atoms with van der Waals surface area (Å²) >= 11 is 0. The van der Waals surface area contributed by atoms with Crippen molar-refractivity contribution < 1.29 is 14.3 Å². The van der Waals surface area contributed by atoms with Crippen LogP contribution in [0.4, 0.5) is 0 Å². The maximum Gasteiger partial charge on any atom is 0.258 e. The SMILES string of the molecule is COc1cc(OC(C)C)ccc1C(=O)N(C1CC1)C1CCc2[nH]ncc2C1. The number of aromatic amines is 1. The van der Waals surface area contributed by atoms with Gasteiger partial charge in [-0.2, -0.15) is 5.10 Å². The summed E-state index contributed by atoms with van der Waals surface area (Å²) in [4.78, 5) is 15.6. The molecular weight excluding hydrogens is 342 g/mol. The third-order valence-electron chi connectivity index (χ3n) is 5.33. The number of H-pyrrole nitrogens is 1. The molecule has 6 nitrogen and oxygen atoms in total. The van der Waals surface area contributed by atoms with Gasteiger partial charge in [-0.25, -0.2) is 0 Å². The van der Waals surface area contributed by atoms with Crippen LogP contribution in [0.5, 0.6) is 11.5 Å². The first-order chi connectivity index (χ1) is 13.1. The summed E-state index contributed by atoms with van der Waals surface area (Å²) < 4.78 is 11.3. The molecule has 1 aromatic carbocycles. The van der Waals surface area contributed by atoms with Crippen molar-refractivity contribution in [3.8, 4) is 11.5 Å². The summed E-state index contributed by atoms with van der Waals surface area (Å²) in [6.45, 7) is 3.96. The molecule has 0 radical (unpaired) electrons. The number of benzene rings is 1. The van der Waals surface area contributed by atoms with Gasteiger partial charge in [0.1, 0.15) is 11.5 Å². The van der Waals surface area contributed by atoms with Crippen molar-refractivity contribution in [3.63, 3.8) is 0 Å². The van der Waals surface area contributed by atoms with Crippen LogP contribution in [0.2, 0.25) is 0 Å². The summed E-state index contributed by atoms with van der Waals surface area (Å²) in [5, 5.41) is 7.23. The second kappa shape index (κ2) is 7.25. The highest BCUT2D eigenvalue weighted by Crippen LogP contribution is 2.36. The number of carbonyl (C=O) groups is 1. The minimum Gasteiger partial charge on any atom is -0.496 e. The van der Waals surface area contributed by atoms with E-state index in [1.165, 1.54) is 11.3 Å². The Kier molecular flexibility index (Phi) is 4.81. The Labute approximate surface area is 159 Å². The Morgan fingerprint density at radius 2 is 2.07 bits per heavy atom. The molecule has 1 amide bonds. The minimum absolute atomic E-state index is 0.0578. The lowest BCUT2D eigenvalue weighted by atomic mass is 9.91. The molecule has 27 heavy (non-hydrogen) atoms. The largest absolute Gasteiger partial charge is 0.496 e. The number of nitrogens with zero attached hydrogens (tertiary/aromatic N) is 2. The van der Waals surface area contributed by atoms with Crippen molar-refractivity contribution in [2.24, 2.45) is 0 Å². The number of aryl methyl sites for hydroxylation is 1. The lowest BCUT2D eigenvalue weighted by Gasteiger charge is -2.34. The number of hydrogen-bond donors (Lipinski definition) is 1. The molecule has 4 rings (SSSR count). The van der Waals surface area contributed by atoms with Crippen molar-refractivity contribution >= 4 is 5.91 Å². The van der Waals surface area contributed by atoms with Gasteiger partial charge in [-0.1, -0.05) is 0 Å². The van der Waals surface area contributed by atoms with Gasteiger partial charge in [0, 0.05) is 23.8 Å². The van der Waals surface area contributed by atoms with E-state index < -0.39 is 0 Å². The number of hydrogen-bond acceptors (Lipinski definition) is 4. The molecule has 1 N–H and O–H groups in total. The van der Waals surface area contributed by atoms with Gasteiger partial charge in [0.05, 0.1) is 25.0 Å². The number of amides is 1. The van der Waals surface area contributed by atoms with Crippen LogP contribution < -0.4 is 9.47 Å². The molecule has 0 saturated heterocycles. The number of rotatable bonds is 6. The average molecular weight is 369 g/mol. The number of ether oxygens (including phenoxy) is 2. The van der Waals surface area contributed by atoms with Crippen molar-refractivity contribution in [1.82, 2.24) is 15.1 Å². The van der Waals surface area contributed by atoms with Gasteiger partial charge in [0.2, 0.25) is 0 Å². The van der Waals surface area contributed by atoms with Crippen LogP contribution >= 0.6 is 0 Å². The van der Waals surface area contributed by atoms with Gasteiger partial charge in [-0.15, -0.1) is 0 Å². The maximum atomic E-state index is 13.5. The number of methoxy groups -OCH3 is 1. The predicted octanol–water partition coefficient (Wildman–Crippen LogP) is 3.37. The highest BCUT2D eigenvalue weighted by atomic mass is 16.5.